The molecular formula is C13H24O3. The lowest BCUT2D eigenvalue weighted by Gasteiger charge is -2.18. The number of rotatable bonds is 7. The summed E-state index contributed by atoms with van der Waals surface area (Å²) in [6.07, 6.45) is 5.17. The molecule has 2 rings (SSSR count). The summed E-state index contributed by atoms with van der Waals surface area (Å²) < 4.78 is 17.2. The first-order valence-corrected chi connectivity index (χ1v) is 6.67. The van der Waals surface area contributed by atoms with E-state index in [4.69, 9.17) is 14.2 Å². The van der Waals surface area contributed by atoms with Crippen LogP contribution in [0.3, 0.4) is 0 Å². The Kier molecular flexibility index (Phi) is 3.88. The standard InChI is InChI=1S/C13H24O3/c1-5-9-12(15-9)8(4)14-10(6-2)13-11(7-3)16-13/h8-13H,5-7H2,1-4H3. The molecule has 2 aliphatic heterocycles. The van der Waals surface area contributed by atoms with E-state index in [0.29, 0.717) is 24.4 Å². The molecule has 0 radical (unpaired) electrons. The van der Waals surface area contributed by atoms with E-state index >= 15 is 0 Å². The summed E-state index contributed by atoms with van der Waals surface area (Å²) in [5.41, 5.74) is 0. The molecule has 3 heteroatoms. The minimum atomic E-state index is 0.205. The lowest BCUT2D eigenvalue weighted by atomic mass is 10.1. The Balaban J connectivity index is 1.74. The summed E-state index contributed by atoms with van der Waals surface area (Å²) in [6.45, 7) is 8.60. The molecule has 0 bridgehead atoms. The van der Waals surface area contributed by atoms with Gasteiger partial charge in [0, 0.05) is 0 Å². The third kappa shape index (κ3) is 2.58. The van der Waals surface area contributed by atoms with Gasteiger partial charge in [0.15, 0.2) is 0 Å². The highest BCUT2D eigenvalue weighted by Crippen LogP contribution is 2.35. The van der Waals surface area contributed by atoms with Crippen LogP contribution >= 0.6 is 0 Å². The summed E-state index contributed by atoms with van der Waals surface area (Å²) in [6, 6.07) is 0. The minimum Gasteiger partial charge on any atom is -0.370 e. The van der Waals surface area contributed by atoms with Crippen LogP contribution < -0.4 is 0 Å². The van der Waals surface area contributed by atoms with Crippen LogP contribution in [-0.2, 0) is 14.2 Å². The first kappa shape index (κ1) is 12.3. The van der Waals surface area contributed by atoms with Crippen LogP contribution in [0.5, 0.6) is 0 Å². The second kappa shape index (κ2) is 5.03. The van der Waals surface area contributed by atoms with E-state index in [-0.39, 0.29) is 12.2 Å². The molecule has 6 atom stereocenters. The molecule has 0 aromatic heterocycles. The zero-order chi connectivity index (χ0) is 11.7. The molecule has 2 saturated heterocycles. The number of hydrogen-bond donors (Lipinski definition) is 0. The van der Waals surface area contributed by atoms with E-state index in [1.54, 1.807) is 0 Å². The average molecular weight is 228 g/mol. The van der Waals surface area contributed by atoms with Gasteiger partial charge in [0.2, 0.25) is 0 Å². The van der Waals surface area contributed by atoms with Crippen LogP contribution in [0.15, 0.2) is 0 Å². The van der Waals surface area contributed by atoms with Gasteiger partial charge < -0.3 is 14.2 Å². The van der Waals surface area contributed by atoms with Crippen molar-refractivity contribution in [3.8, 4) is 0 Å². The topological polar surface area (TPSA) is 34.3 Å². The van der Waals surface area contributed by atoms with Crippen molar-refractivity contribution < 1.29 is 14.2 Å². The van der Waals surface area contributed by atoms with Crippen molar-refractivity contribution in [2.24, 2.45) is 0 Å². The van der Waals surface area contributed by atoms with Gasteiger partial charge >= 0.3 is 0 Å². The molecule has 0 N–H and O–H groups in total. The summed E-state index contributed by atoms with van der Waals surface area (Å²) in [5, 5.41) is 0. The van der Waals surface area contributed by atoms with Crippen LogP contribution in [0.2, 0.25) is 0 Å². The molecule has 0 saturated carbocycles. The van der Waals surface area contributed by atoms with Gasteiger partial charge in [0.1, 0.15) is 12.2 Å². The van der Waals surface area contributed by atoms with Crippen molar-refractivity contribution in [3.63, 3.8) is 0 Å². The van der Waals surface area contributed by atoms with Gasteiger partial charge in [-0.1, -0.05) is 20.8 Å². The first-order valence-electron chi connectivity index (χ1n) is 6.67. The molecule has 0 aromatic carbocycles. The van der Waals surface area contributed by atoms with Crippen LogP contribution in [-0.4, -0.2) is 36.6 Å². The highest BCUT2D eigenvalue weighted by atomic mass is 16.6. The monoisotopic (exact) mass is 228 g/mol. The zero-order valence-electron chi connectivity index (χ0n) is 10.8. The molecule has 3 nitrogen and oxygen atoms in total. The highest BCUT2D eigenvalue weighted by molar-refractivity contribution is 4.93. The maximum Gasteiger partial charge on any atom is 0.110 e. The van der Waals surface area contributed by atoms with Crippen LogP contribution in [0.25, 0.3) is 0 Å². The normalized spacial score (nSPS) is 40.5. The van der Waals surface area contributed by atoms with Crippen molar-refractivity contribution in [1.29, 1.82) is 0 Å². The SMILES string of the molecule is CCC1OC1C(C)OC(CC)C1OC1CC. The summed E-state index contributed by atoms with van der Waals surface area (Å²) >= 11 is 0. The van der Waals surface area contributed by atoms with Crippen molar-refractivity contribution in [2.75, 3.05) is 0 Å². The molecule has 2 heterocycles. The Labute approximate surface area is 98.4 Å². The molecular weight excluding hydrogens is 204 g/mol. The Hall–Kier alpha value is -0.120. The van der Waals surface area contributed by atoms with Crippen molar-refractivity contribution in [3.05, 3.63) is 0 Å². The fourth-order valence-electron chi connectivity index (χ4n) is 2.47. The smallest absolute Gasteiger partial charge is 0.110 e. The second-order valence-corrected chi connectivity index (χ2v) is 4.88. The van der Waals surface area contributed by atoms with Crippen molar-refractivity contribution >= 4 is 0 Å². The van der Waals surface area contributed by atoms with Gasteiger partial charge in [0.25, 0.3) is 0 Å². The first-order chi connectivity index (χ1) is 7.71. The van der Waals surface area contributed by atoms with E-state index in [2.05, 4.69) is 27.7 Å². The molecule has 0 spiro atoms. The van der Waals surface area contributed by atoms with E-state index < -0.39 is 0 Å². The molecule has 2 aliphatic rings. The lowest BCUT2D eigenvalue weighted by molar-refractivity contribution is -0.0301. The summed E-state index contributed by atoms with van der Waals surface area (Å²) in [7, 11) is 0. The predicted octanol–water partition coefficient (Wildman–Crippen LogP) is 2.52. The minimum absolute atomic E-state index is 0.205. The predicted molar refractivity (Wildman–Crippen MR) is 62.5 cm³/mol. The Bertz CT molecular complexity index is 231. The molecule has 0 aromatic rings. The van der Waals surface area contributed by atoms with E-state index in [1.807, 2.05) is 0 Å². The van der Waals surface area contributed by atoms with Crippen LogP contribution in [0, 0.1) is 0 Å². The summed E-state index contributed by atoms with van der Waals surface area (Å²) in [5.74, 6) is 0. The fraction of sp³-hybridized carbons (Fsp3) is 1.00. The number of epoxide rings is 2. The van der Waals surface area contributed by atoms with Gasteiger partial charge in [-0.3, -0.25) is 0 Å². The van der Waals surface area contributed by atoms with Gasteiger partial charge in [0.05, 0.1) is 24.4 Å². The molecule has 94 valence electrons. The third-order valence-corrected chi connectivity index (χ3v) is 3.67. The van der Waals surface area contributed by atoms with Gasteiger partial charge in [-0.15, -0.1) is 0 Å². The van der Waals surface area contributed by atoms with Crippen LogP contribution in [0.1, 0.15) is 47.0 Å². The second-order valence-electron chi connectivity index (χ2n) is 4.88. The molecule has 2 fully saturated rings. The Morgan fingerprint density at radius 2 is 1.56 bits per heavy atom. The third-order valence-electron chi connectivity index (χ3n) is 3.67. The van der Waals surface area contributed by atoms with Gasteiger partial charge in [-0.05, 0) is 26.2 Å². The zero-order valence-corrected chi connectivity index (χ0v) is 10.8. The average Bonchev–Trinajstić information content (AvgIpc) is 3.17. The van der Waals surface area contributed by atoms with Gasteiger partial charge in [-0.25, -0.2) is 0 Å². The maximum absolute atomic E-state index is 6.06. The van der Waals surface area contributed by atoms with Gasteiger partial charge in [-0.2, -0.15) is 0 Å². The Morgan fingerprint density at radius 3 is 2.00 bits per heavy atom. The Morgan fingerprint density at radius 1 is 1.00 bits per heavy atom. The van der Waals surface area contributed by atoms with E-state index in [9.17, 15) is 0 Å². The fourth-order valence-corrected chi connectivity index (χ4v) is 2.47. The number of hydrogen-bond acceptors (Lipinski definition) is 3. The van der Waals surface area contributed by atoms with Crippen molar-refractivity contribution in [2.45, 2.75) is 83.6 Å². The maximum atomic E-state index is 6.06. The molecule has 0 aliphatic carbocycles. The lowest BCUT2D eigenvalue weighted by Crippen LogP contribution is -2.29. The van der Waals surface area contributed by atoms with E-state index in [0.717, 1.165) is 19.3 Å². The quantitative estimate of drug-likeness (QED) is 0.628. The van der Waals surface area contributed by atoms with E-state index in [1.165, 1.54) is 0 Å². The van der Waals surface area contributed by atoms with Crippen molar-refractivity contribution in [1.82, 2.24) is 0 Å². The highest BCUT2D eigenvalue weighted by Gasteiger charge is 2.47. The number of ether oxygens (including phenoxy) is 3. The molecule has 6 unspecified atom stereocenters. The summed E-state index contributed by atoms with van der Waals surface area (Å²) in [4.78, 5) is 0. The van der Waals surface area contributed by atoms with Crippen LogP contribution in [0.4, 0.5) is 0 Å². The molecule has 0 amide bonds. The molecule has 16 heavy (non-hydrogen) atoms. The largest absolute Gasteiger partial charge is 0.370 e.